The van der Waals surface area contributed by atoms with E-state index in [1.54, 1.807) is 43.0 Å². The second-order valence-corrected chi connectivity index (χ2v) is 8.48. The summed E-state index contributed by atoms with van der Waals surface area (Å²) in [7, 11) is 0. The van der Waals surface area contributed by atoms with Gasteiger partial charge in [0.05, 0.1) is 5.60 Å². The molecule has 0 saturated carbocycles. The van der Waals surface area contributed by atoms with E-state index in [0.717, 1.165) is 18.9 Å². The molecule has 0 aliphatic carbocycles. The topological polar surface area (TPSA) is 73.4 Å². The number of alkyl halides is 3. The van der Waals surface area contributed by atoms with Crippen molar-refractivity contribution < 1.29 is 27.9 Å². The number of nitrogens with zero attached hydrogens (tertiary/aromatic N) is 1. The number of aliphatic hydroxyl groups is 1. The Labute approximate surface area is 172 Å². The average molecular weight is 422 g/mol. The number of amides is 1. The van der Waals surface area contributed by atoms with Crippen molar-refractivity contribution in [2.45, 2.75) is 44.9 Å². The average Bonchev–Trinajstić information content (AvgIpc) is 3.07. The van der Waals surface area contributed by atoms with Crippen LogP contribution in [-0.4, -0.2) is 51.5 Å². The maximum absolute atomic E-state index is 12.8. The van der Waals surface area contributed by atoms with E-state index < -0.39 is 17.6 Å². The number of piperidine rings is 1. The van der Waals surface area contributed by atoms with Crippen LogP contribution in [0.5, 0.6) is 0 Å². The molecule has 2 aromatic rings. The van der Waals surface area contributed by atoms with E-state index in [1.807, 2.05) is 0 Å². The van der Waals surface area contributed by atoms with Gasteiger partial charge in [-0.05, 0) is 68.9 Å². The van der Waals surface area contributed by atoms with Crippen molar-refractivity contribution in [3.8, 4) is 0 Å². The van der Waals surface area contributed by atoms with Crippen LogP contribution in [0.2, 0.25) is 0 Å². The molecule has 1 aromatic carbocycles. The zero-order chi connectivity index (χ0) is 22.1. The number of nitrogens with one attached hydrogen (secondary N) is 1. The zero-order valence-corrected chi connectivity index (χ0v) is 16.9. The summed E-state index contributed by atoms with van der Waals surface area (Å²) in [6.45, 7) is 4.81. The van der Waals surface area contributed by atoms with Crippen molar-refractivity contribution in [1.29, 1.82) is 0 Å². The summed E-state index contributed by atoms with van der Waals surface area (Å²) in [5, 5.41) is 10.6. The monoisotopic (exact) mass is 422 g/mol. The fraction of sp³-hybridized carbons (Fsp3) is 0.455. The molecule has 0 unspecified atom stereocenters. The number of allylic oxidation sites excluding steroid dienone is 1. The second kappa shape index (κ2) is 8.26. The van der Waals surface area contributed by atoms with Crippen molar-refractivity contribution >= 4 is 28.7 Å². The predicted molar refractivity (Wildman–Crippen MR) is 108 cm³/mol. The van der Waals surface area contributed by atoms with Crippen molar-refractivity contribution in [1.82, 2.24) is 9.88 Å². The molecule has 0 spiro atoms. The van der Waals surface area contributed by atoms with Gasteiger partial charge in [-0.1, -0.05) is 12.1 Å². The fourth-order valence-corrected chi connectivity index (χ4v) is 3.85. The van der Waals surface area contributed by atoms with E-state index >= 15 is 0 Å². The van der Waals surface area contributed by atoms with E-state index in [9.17, 15) is 27.9 Å². The standard InChI is InChI=1S/C22H25F3N2O3/c1-21(2,30)13-15-7-9-27(10-8-15)20(29)18-12-16-11-14(3-5-17(16)26-18)4-6-19(28)22(23,24)25/h3-6,11-12,15,26,30H,7-10,13H2,1-2H3/b6-4-. The van der Waals surface area contributed by atoms with E-state index in [-0.39, 0.29) is 5.91 Å². The molecular formula is C22H25F3N2O3. The summed E-state index contributed by atoms with van der Waals surface area (Å²) in [6, 6.07) is 6.54. The largest absolute Gasteiger partial charge is 0.454 e. The van der Waals surface area contributed by atoms with Crippen LogP contribution in [0, 0.1) is 5.92 Å². The molecule has 1 aromatic heterocycles. The molecule has 1 saturated heterocycles. The van der Waals surface area contributed by atoms with Crippen molar-refractivity contribution in [2.24, 2.45) is 5.92 Å². The number of halogens is 3. The number of ketones is 1. The lowest BCUT2D eigenvalue weighted by Crippen LogP contribution is -2.40. The summed E-state index contributed by atoms with van der Waals surface area (Å²) >= 11 is 0. The van der Waals surface area contributed by atoms with E-state index in [1.165, 1.54) is 0 Å². The maximum Gasteiger partial charge on any atom is 0.454 e. The molecule has 2 N–H and O–H groups in total. The Hall–Kier alpha value is -2.61. The molecule has 3 rings (SSSR count). The number of benzene rings is 1. The molecule has 2 heterocycles. The molecule has 1 amide bonds. The Bertz CT molecular complexity index is 962. The first-order chi connectivity index (χ1) is 13.9. The molecule has 0 bridgehead atoms. The molecule has 1 fully saturated rings. The normalized spacial score (nSPS) is 16.5. The highest BCUT2D eigenvalue weighted by Gasteiger charge is 2.36. The van der Waals surface area contributed by atoms with Gasteiger partial charge in [0.25, 0.3) is 11.7 Å². The Morgan fingerprint density at radius 3 is 2.47 bits per heavy atom. The number of aromatic amines is 1. The molecular weight excluding hydrogens is 397 g/mol. The number of hydrogen-bond acceptors (Lipinski definition) is 3. The number of H-pyrrole nitrogens is 1. The summed E-state index contributed by atoms with van der Waals surface area (Å²) in [4.78, 5) is 28.6. The van der Waals surface area contributed by atoms with Gasteiger partial charge in [0.15, 0.2) is 0 Å². The Balaban J connectivity index is 1.68. The van der Waals surface area contributed by atoms with Crippen LogP contribution in [0.1, 0.15) is 49.2 Å². The second-order valence-electron chi connectivity index (χ2n) is 8.48. The van der Waals surface area contributed by atoms with Crippen molar-refractivity contribution in [2.75, 3.05) is 13.1 Å². The van der Waals surface area contributed by atoms with Crippen molar-refractivity contribution in [3.63, 3.8) is 0 Å². The van der Waals surface area contributed by atoms with Crippen LogP contribution < -0.4 is 0 Å². The Kier molecular flexibility index (Phi) is 6.08. The van der Waals surface area contributed by atoms with Gasteiger partial charge in [-0.3, -0.25) is 9.59 Å². The first-order valence-electron chi connectivity index (χ1n) is 9.86. The molecule has 162 valence electrons. The van der Waals surface area contributed by atoms with Crippen molar-refractivity contribution in [3.05, 3.63) is 41.6 Å². The molecule has 1 aliphatic heterocycles. The summed E-state index contributed by atoms with van der Waals surface area (Å²) in [6.07, 6.45) is -0.922. The lowest BCUT2D eigenvalue weighted by molar-refractivity contribution is -0.165. The Morgan fingerprint density at radius 1 is 1.20 bits per heavy atom. The maximum atomic E-state index is 12.8. The van der Waals surface area contributed by atoms with E-state index in [4.69, 9.17) is 0 Å². The lowest BCUT2D eigenvalue weighted by atomic mass is 9.86. The summed E-state index contributed by atoms with van der Waals surface area (Å²) in [5.41, 5.74) is 0.823. The fourth-order valence-electron chi connectivity index (χ4n) is 3.85. The highest BCUT2D eigenvalue weighted by molar-refractivity contribution is 6.00. The first-order valence-corrected chi connectivity index (χ1v) is 9.86. The van der Waals surface area contributed by atoms with E-state index in [2.05, 4.69) is 4.98 Å². The number of likely N-dealkylation sites (tertiary alicyclic amines) is 1. The zero-order valence-electron chi connectivity index (χ0n) is 16.9. The van der Waals surface area contributed by atoms with Crippen LogP contribution in [0.25, 0.3) is 17.0 Å². The third-order valence-corrected chi connectivity index (χ3v) is 5.27. The first kappa shape index (κ1) is 22.1. The highest BCUT2D eigenvalue weighted by atomic mass is 19.4. The third-order valence-electron chi connectivity index (χ3n) is 5.27. The van der Waals surface area contributed by atoms with Crippen LogP contribution in [0.15, 0.2) is 30.3 Å². The predicted octanol–water partition coefficient (Wildman–Crippen LogP) is 4.33. The van der Waals surface area contributed by atoms with Gasteiger partial charge in [-0.2, -0.15) is 13.2 Å². The number of carbonyl (C=O) groups is 2. The lowest BCUT2D eigenvalue weighted by Gasteiger charge is -2.34. The van der Waals surface area contributed by atoms with Gasteiger partial charge in [0.2, 0.25) is 0 Å². The summed E-state index contributed by atoms with van der Waals surface area (Å²) in [5.74, 6) is -1.66. The molecule has 8 heteroatoms. The number of carbonyl (C=O) groups excluding carboxylic acids is 2. The van der Waals surface area contributed by atoms with E-state index in [0.29, 0.717) is 53.7 Å². The number of fused-ring (bicyclic) bond motifs is 1. The molecule has 0 radical (unpaired) electrons. The van der Waals surface area contributed by atoms with Gasteiger partial charge in [-0.25, -0.2) is 0 Å². The number of aromatic nitrogens is 1. The minimum Gasteiger partial charge on any atom is -0.390 e. The highest BCUT2D eigenvalue weighted by Crippen LogP contribution is 2.27. The molecule has 5 nitrogen and oxygen atoms in total. The SMILES string of the molecule is CC(C)(O)CC1CCN(C(=O)c2cc3cc(/C=C\C(=O)C(F)(F)F)ccc3[nH]2)CC1. The van der Waals surface area contributed by atoms with Crippen LogP contribution in [0.3, 0.4) is 0 Å². The van der Waals surface area contributed by atoms with Gasteiger partial charge >= 0.3 is 6.18 Å². The molecule has 30 heavy (non-hydrogen) atoms. The molecule has 1 aliphatic rings. The third kappa shape index (κ3) is 5.50. The smallest absolute Gasteiger partial charge is 0.390 e. The van der Waals surface area contributed by atoms with Gasteiger partial charge in [-0.15, -0.1) is 0 Å². The molecule has 0 atom stereocenters. The minimum atomic E-state index is -4.89. The van der Waals surface area contributed by atoms with Gasteiger partial charge < -0.3 is 15.0 Å². The van der Waals surface area contributed by atoms with Crippen LogP contribution >= 0.6 is 0 Å². The minimum absolute atomic E-state index is 0.128. The van der Waals surface area contributed by atoms with Crippen LogP contribution in [-0.2, 0) is 4.79 Å². The Morgan fingerprint density at radius 2 is 1.87 bits per heavy atom. The summed E-state index contributed by atoms with van der Waals surface area (Å²) < 4.78 is 37.0. The van der Waals surface area contributed by atoms with Crippen LogP contribution in [0.4, 0.5) is 13.2 Å². The number of rotatable bonds is 5. The number of hydrogen-bond donors (Lipinski definition) is 2. The van der Waals surface area contributed by atoms with Gasteiger partial charge in [0.1, 0.15) is 5.69 Å². The quantitative estimate of drug-likeness (QED) is 0.705. The van der Waals surface area contributed by atoms with Gasteiger partial charge in [0, 0.05) is 24.0 Å².